The third kappa shape index (κ3) is 4.38. The highest BCUT2D eigenvalue weighted by Gasteiger charge is 2.44. The first-order valence-corrected chi connectivity index (χ1v) is 9.45. The van der Waals surface area contributed by atoms with E-state index in [1.165, 1.54) is 4.31 Å². The molecule has 2 aliphatic heterocycles. The van der Waals surface area contributed by atoms with Gasteiger partial charge < -0.3 is 9.80 Å². The standard InChI is InChI=1S/C13H20F3N3O4S/c1-24(22,23)19-8-6-17(7-9-19)11(20)10-2-4-18(5-3-10)12(21)13(14,15)16/h10H,2-9H2,1H3. The number of sulfonamides is 1. The van der Waals surface area contributed by atoms with Crippen LogP contribution in [0.2, 0.25) is 0 Å². The highest BCUT2D eigenvalue weighted by molar-refractivity contribution is 7.88. The molecule has 0 aromatic carbocycles. The quantitative estimate of drug-likeness (QED) is 0.679. The number of carbonyl (C=O) groups is 2. The van der Waals surface area contributed by atoms with Gasteiger partial charge in [-0.2, -0.15) is 17.5 Å². The number of alkyl halides is 3. The molecule has 0 unspecified atom stereocenters. The third-order valence-corrected chi connectivity index (χ3v) is 5.70. The Morgan fingerprint density at radius 2 is 1.42 bits per heavy atom. The Labute approximate surface area is 138 Å². The zero-order chi connectivity index (χ0) is 18.1. The molecular formula is C13H20F3N3O4S. The minimum atomic E-state index is -4.89. The molecule has 2 rings (SSSR count). The lowest BCUT2D eigenvalue weighted by molar-refractivity contribution is -0.187. The largest absolute Gasteiger partial charge is 0.471 e. The molecule has 0 atom stereocenters. The first-order chi connectivity index (χ1) is 11.0. The molecule has 2 amide bonds. The van der Waals surface area contributed by atoms with Gasteiger partial charge in [-0.1, -0.05) is 0 Å². The summed E-state index contributed by atoms with van der Waals surface area (Å²) in [6.45, 7) is 0.781. The smallest absolute Gasteiger partial charge is 0.340 e. The second-order valence-electron chi connectivity index (χ2n) is 6.05. The molecule has 24 heavy (non-hydrogen) atoms. The maximum atomic E-state index is 12.4. The number of hydrogen-bond donors (Lipinski definition) is 0. The molecule has 0 aromatic rings. The van der Waals surface area contributed by atoms with Crippen LogP contribution in [0.3, 0.4) is 0 Å². The van der Waals surface area contributed by atoms with Gasteiger partial charge in [-0.3, -0.25) is 9.59 Å². The Morgan fingerprint density at radius 1 is 0.917 bits per heavy atom. The van der Waals surface area contributed by atoms with E-state index in [2.05, 4.69) is 0 Å². The van der Waals surface area contributed by atoms with Crippen molar-refractivity contribution in [2.24, 2.45) is 5.92 Å². The van der Waals surface area contributed by atoms with Crippen LogP contribution in [0.15, 0.2) is 0 Å². The van der Waals surface area contributed by atoms with Crippen molar-refractivity contribution < 1.29 is 31.2 Å². The second kappa shape index (κ2) is 6.87. The maximum Gasteiger partial charge on any atom is 0.471 e. The molecule has 0 bridgehead atoms. The molecule has 2 aliphatic rings. The molecule has 2 fully saturated rings. The lowest BCUT2D eigenvalue weighted by atomic mass is 9.95. The van der Waals surface area contributed by atoms with E-state index in [1.54, 1.807) is 4.90 Å². The molecule has 0 aliphatic carbocycles. The van der Waals surface area contributed by atoms with Crippen LogP contribution in [0.4, 0.5) is 13.2 Å². The number of halogens is 3. The predicted octanol–water partition coefficient (Wildman–Crippen LogP) is -0.109. The third-order valence-electron chi connectivity index (χ3n) is 4.39. The van der Waals surface area contributed by atoms with Crippen molar-refractivity contribution in [3.05, 3.63) is 0 Å². The zero-order valence-electron chi connectivity index (χ0n) is 13.3. The van der Waals surface area contributed by atoms with Crippen molar-refractivity contribution in [2.75, 3.05) is 45.5 Å². The number of rotatable bonds is 2. The number of carbonyl (C=O) groups excluding carboxylic acids is 2. The molecule has 11 heteroatoms. The molecule has 0 radical (unpaired) electrons. The molecule has 0 saturated carbocycles. The number of nitrogens with zero attached hydrogens (tertiary/aromatic N) is 3. The van der Waals surface area contributed by atoms with E-state index in [0.717, 1.165) is 11.2 Å². The van der Waals surface area contributed by atoms with E-state index in [-0.39, 0.29) is 58.0 Å². The predicted molar refractivity (Wildman–Crippen MR) is 78.4 cm³/mol. The number of piperidine rings is 1. The van der Waals surface area contributed by atoms with Gasteiger partial charge >= 0.3 is 12.1 Å². The first kappa shape index (κ1) is 19.0. The van der Waals surface area contributed by atoms with Crippen LogP contribution >= 0.6 is 0 Å². The highest BCUT2D eigenvalue weighted by atomic mass is 32.2. The normalized spacial score (nSPS) is 21.8. The Kier molecular flexibility index (Phi) is 5.43. The molecule has 7 nitrogen and oxygen atoms in total. The summed E-state index contributed by atoms with van der Waals surface area (Å²) in [5.41, 5.74) is 0. The summed E-state index contributed by atoms with van der Waals surface area (Å²) in [5, 5.41) is 0. The van der Waals surface area contributed by atoms with Gasteiger partial charge in [-0.15, -0.1) is 0 Å². The molecule has 2 heterocycles. The summed E-state index contributed by atoms with van der Waals surface area (Å²) < 4.78 is 61.3. The van der Waals surface area contributed by atoms with Gasteiger partial charge in [0.05, 0.1) is 6.26 Å². The van der Waals surface area contributed by atoms with Crippen molar-refractivity contribution in [2.45, 2.75) is 19.0 Å². The van der Waals surface area contributed by atoms with Crippen LogP contribution in [0.25, 0.3) is 0 Å². The van der Waals surface area contributed by atoms with Crippen molar-refractivity contribution in [3.8, 4) is 0 Å². The van der Waals surface area contributed by atoms with Gasteiger partial charge in [0.2, 0.25) is 15.9 Å². The van der Waals surface area contributed by atoms with Crippen LogP contribution in [-0.4, -0.2) is 86.0 Å². The summed E-state index contributed by atoms with van der Waals surface area (Å²) >= 11 is 0. The van der Waals surface area contributed by atoms with E-state index in [4.69, 9.17) is 0 Å². The van der Waals surface area contributed by atoms with Gasteiger partial charge in [0.1, 0.15) is 0 Å². The van der Waals surface area contributed by atoms with E-state index >= 15 is 0 Å². The summed E-state index contributed by atoms with van der Waals surface area (Å²) in [6.07, 6.45) is -3.41. The highest BCUT2D eigenvalue weighted by Crippen LogP contribution is 2.25. The summed E-state index contributed by atoms with van der Waals surface area (Å²) in [7, 11) is -3.29. The van der Waals surface area contributed by atoms with Crippen LogP contribution in [0.5, 0.6) is 0 Å². The summed E-state index contributed by atoms with van der Waals surface area (Å²) in [5.74, 6) is -2.47. The van der Waals surface area contributed by atoms with E-state index < -0.39 is 28.0 Å². The van der Waals surface area contributed by atoms with Crippen LogP contribution < -0.4 is 0 Å². The Morgan fingerprint density at radius 3 is 1.83 bits per heavy atom. The fourth-order valence-electron chi connectivity index (χ4n) is 3.01. The first-order valence-electron chi connectivity index (χ1n) is 7.60. The zero-order valence-corrected chi connectivity index (χ0v) is 14.1. The van der Waals surface area contributed by atoms with Crippen LogP contribution in [-0.2, 0) is 19.6 Å². The van der Waals surface area contributed by atoms with Crippen molar-refractivity contribution >= 4 is 21.8 Å². The molecule has 0 aromatic heterocycles. The molecular weight excluding hydrogens is 351 g/mol. The minimum absolute atomic E-state index is 0.0992. The van der Waals surface area contributed by atoms with E-state index in [1.807, 2.05) is 0 Å². The van der Waals surface area contributed by atoms with Gasteiger partial charge in [-0.05, 0) is 12.8 Å². The van der Waals surface area contributed by atoms with Crippen LogP contribution in [0, 0.1) is 5.92 Å². The monoisotopic (exact) mass is 371 g/mol. The van der Waals surface area contributed by atoms with Crippen molar-refractivity contribution in [3.63, 3.8) is 0 Å². The second-order valence-corrected chi connectivity index (χ2v) is 8.03. The maximum absolute atomic E-state index is 12.4. The minimum Gasteiger partial charge on any atom is -0.340 e. The average Bonchev–Trinajstić information content (AvgIpc) is 2.52. The fraction of sp³-hybridized carbons (Fsp3) is 0.846. The lowest BCUT2D eigenvalue weighted by Crippen LogP contribution is -2.53. The molecule has 2 saturated heterocycles. The Hall–Kier alpha value is -1.36. The van der Waals surface area contributed by atoms with Gasteiger partial charge in [0.25, 0.3) is 0 Å². The van der Waals surface area contributed by atoms with Gasteiger partial charge in [-0.25, -0.2) is 8.42 Å². The van der Waals surface area contributed by atoms with E-state index in [0.29, 0.717) is 0 Å². The van der Waals surface area contributed by atoms with E-state index in [9.17, 15) is 31.2 Å². The number of likely N-dealkylation sites (tertiary alicyclic amines) is 1. The van der Waals surface area contributed by atoms with Gasteiger partial charge in [0.15, 0.2) is 0 Å². The topological polar surface area (TPSA) is 78.0 Å². The lowest BCUT2D eigenvalue weighted by Gasteiger charge is -2.37. The Balaban J connectivity index is 1.85. The van der Waals surface area contributed by atoms with Crippen molar-refractivity contribution in [1.29, 1.82) is 0 Å². The fourth-order valence-corrected chi connectivity index (χ4v) is 3.83. The van der Waals surface area contributed by atoms with Crippen LogP contribution in [0.1, 0.15) is 12.8 Å². The summed E-state index contributed by atoms with van der Waals surface area (Å²) in [6, 6.07) is 0. The summed E-state index contributed by atoms with van der Waals surface area (Å²) in [4.78, 5) is 25.9. The van der Waals surface area contributed by atoms with Gasteiger partial charge in [0, 0.05) is 45.2 Å². The number of hydrogen-bond acceptors (Lipinski definition) is 4. The molecule has 0 N–H and O–H groups in total. The van der Waals surface area contributed by atoms with Crippen molar-refractivity contribution in [1.82, 2.24) is 14.1 Å². The number of piperazine rings is 1. The number of amides is 2. The Bertz CT molecular complexity index is 592. The molecule has 0 spiro atoms. The average molecular weight is 371 g/mol. The SMILES string of the molecule is CS(=O)(=O)N1CCN(C(=O)C2CCN(C(=O)C(F)(F)F)CC2)CC1. The molecule has 138 valence electrons.